The van der Waals surface area contributed by atoms with Crippen LogP contribution in [0.25, 0.3) is 0 Å². The van der Waals surface area contributed by atoms with Gasteiger partial charge in [0.25, 0.3) is 0 Å². The third-order valence-corrected chi connectivity index (χ3v) is 1.55. The fourth-order valence-electron chi connectivity index (χ4n) is 0.975. The molecule has 0 aromatic carbocycles. The van der Waals surface area contributed by atoms with E-state index in [4.69, 9.17) is 15.9 Å². The third-order valence-electron chi connectivity index (χ3n) is 1.55. The van der Waals surface area contributed by atoms with Crippen LogP contribution in [0, 0.1) is 0 Å². The number of carboxylic acids is 1. The highest BCUT2D eigenvalue weighted by atomic mass is 16.4. The van der Waals surface area contributed by atoms with Crippen LogP contribution in [-0.4, -0.2) is 37.8 Å². The highest BCUT2D eigenvalue weighted by Gasteiger charge is 2.16. The lowest BCUT2D eigenvalue weighted by Gasteiger charge is -2.01. The molecule has 0 atom stereocenters. The molecular weight excluding hydrogens is 176 g/mol. The Kier molecular flexibility index (Phi) is 2.93. The molecule has 13 heavy (non-hydrogen) atoms. The van der Waals surface area contributed by atoms with E-state index in [0.29, 0.717) is 5.69 Å². The largest absolute Gasteiger partial charge is 0.476 e. The highest BCUT2D eigenvalue weighted by molar-refractivity contribution is 5.86. The smallest absolute Gasteiger partial charge is 0.358 e. The number of carbonyl (C=O) groups is 1. The van der Waals surface area contributed by atoms with Gasteiger partial charge >= 0.3 is 5.97 Å². The molecule has 0 radical (unpaired) electrons. The van der Waals surface area contributed by atoms with E-state index in [9.17, 15) is 4.79 Å². The Balaban J connectivity index is 3.03. The molecule has 0 bridgehead atoms. The zero-order chi connectivity index (χ0) is 9.84. The van der Waals surface area contributed by atoms with Gasteiger partial charge in [-0.25, -0.2) is 9.48 Å². The molecule has 0 saturated heterocycles. The first-order valence-electron chi connectivity index (χ1n) is 3.67. The number of aliphatic hydroxyl groups excluding tert-OH is 1. The maximum atomic E-state index is 10.6. The van der Waals surface area contributed by atoms with Crippen molar-refractivity contribution in [1.29, 1.82) is 0 Å². The fraction of sp³-hybridized carbons (Fsp3) is 0.500. The van der Waals surface area contributed by atoms with Gasteiger partial charge in [-0.15, -0.1) is 5.10 Å². The molecule has 1 aromatic heterocycles. The minimum absolute atomic E-state index is 0.0363. The van der Waals surface area contributed by atoms with Crippen molar-refractivity contribution < 1.29 is 15.0 Å². The summed E-state index contributed by atoms with van der Waals surface area (Å²) in [5.74, 6) is -1.16. The van der Waals surface area contributed by atoms with Crippen molar-refractivity contribution >= 4 is 5.97 Å². The Morgan fingerprint density at radius 1 is 1.62 bits per heavy atom. The van der Waals surface area contributed by atoms with Crippen molar-refractivity contribution in [2.45, 2.75) is 13.1 Å². The quantitative estimate of drug-likeness (QED) is 0.523. The molecule has 0 aliphatic carbocycles. The van der Waals surface area contributed by atoms with Gasteiger partial charge in [0.05, 0.1) is 18.8 Å². The van der Waals surface area contributed by atoms with Crippen molar-refractivity contribution in [3.63, 3.8) is 0 Å². The van der Waals surface area contributed by atoms with E-state index in [1.54, 1.807) is 0 Å². The summed E-state index contributed by atoms with van der Waals surface area (Å²) in [5, 5.41) is 24.2. The van der Waals surface area contributed by atoms with E-state index in [2.05, 4.69) is 10.3 Å². The summed E-state index contributed by atoms with van der Waals surface area (Å²) in [4.78, 5) is 10.6. The highest BCUT2D eigenvalue weighted by Crippen LogP contribution is 2.03. The van der Waals surface area contributed by atoms with Gasteiger partial charge in [0.15, 0.2) is 5.69 Å². The number of nitrogens with zero attached hydrogens (tertiary/aromatic N) is 3. The van der Waals surface area contributed by atoms with Crippen LogP contribution >= 0.6 is 0 Å². The standard InChI is InChI=1S/C6H10N4O3/c7-3-4-5(6(12)13)8-9-10(4)1-2-11/h11H,1-3,7H2,(H,12,13). The Hall–Kier alpha value is -1.47. The van der Waals surface area contributed by atoms with E-state index >= 15 is 0 Å². The number of nitrogens with two attached hydrogens (primary N) is 1. The predicted molar refractivity (Wildman–Crippen MR) is 42.0 cm³/mol. The molecule has 0 spiro atoms. The van der Waals surface area contributed by atoms with Gasteiger partial charge in [-0.3, -0.25) is 0 Å². The van der Waals surface area contributed by atoms with Crippen LogP contribution in [0.15, 0.2) is 0 Å². The summed E-state index contributed by atoms with van der Waals surface area (Å²) in [7, 11) is 0. The van der Waals surface area contributed by atoms with Crippen LogP contribution in [0.5, 0.6) is 0 Å². The lowest BCUT2D eigenvalue weighted by molar-refractivity contribution is 0.0689. The second-order valence-corrected chi connectivity index (χ2v) is 2.34. The first-order valence-corrected chi connectivity index (χ1v) is 3.67. The van der Waals surface area contributed by atoms with Gasteiger partial charge in [-0.05, 0) is 0 Å². The number of carboxylic acid groups (broad SMARTS) is 1. The van der Waals surface area contributed by atoms with Crippen molar-refractivity contribution in [2.75, 3.05) is 6.61 Å². The van der Waals surface area contributed by atoms with Crippen molar-refractivity contribution in [3.8, 4) is 0 Å². The SMILES string of the molecule is NCc1c(C(=O)O)nnn1CCO. The minimum Gasteiger partial charge on any atom is -0.476 e. The fourth-order valence-corrected chi connectivity index (χ4v) is 0.975. The van der Waals surface area contributed by atoms with Crippen molar-refractivity contribution in [1.82, 2.24) is 15.0 Å². The molecule has 7 nitrogen and oxygen atoms in total. The molecule has 4 N–H and O–H groups in total. The number of hydrogen-bond acceptors (Lipinski definition) is 5. The maximum absolute atomic E-state index is 10.6. The number of aliphatic hydroxyl groups is 1. The summed E-state index contributed by atoms with van der Waals surface area (Å²) in [6.07, 6.45) is 0. The molecule has 1 aromatic rings. The molecule has 7 heteroatoms. The summed E-state index contributed by atoms with van der Waals surface area (Å²) in [6.45, 7) is 0.108. The summed E-state index contributed by atoms with van der Waals surface area (Å²) < 4.78 is 1.28. The van der Waals surface area contributed by atoms with E-state index in [-0.39, 0.29) is 25.4 Å². The van der Waals surface area contributed by atoms with Crippen LogP contribution in [0.2, 0.25) is 0 Å². The molecular formula is C6H10N4O3. The van der Waals surface area contributed by atoms with Crippen molar-refractivity contribution in [2.24, 2.45) is 5.73 Å². The van der Waals surface area contributed by atoms with Crippen LogP contribution in [0.1, 0.15) is 16.2 Å². The average Bonchev–Trinajstić information content (AvgIpc) is 2.48. The summed E-state index contributed by atoms with van der Waals surface area (Å²) in [6, 6.07) is 0. The number of rotatable bonds is 4. The first kappa shape index (κ1) is 9.62. The van der Waals surface area contributed by atoms with Gasteiger partial charge < -0.3 is 15.9 Å². The van der Waals surface area contributed by atoms with Crippen LogP contribution in [-0.2, 0) is 13.1 Å². The number of hydrogen-bond donors (Lipinski definition) is 3. The zero-order valence-electron chi connectivity index (χ0n) is 6.84. The van der Waals surface area contributed by atoms with Crippen LogP contribution in [0.3, 0.4) is 0 Å². The van der Waals surface area contributed by atoms with E-state index in [1.807, 2.05) is 0 Å². The van der Waals surface area contributed by atoms with Crippen molar-refractivity contribution in [3.05, 3.63) is 11.4 Å². The van der Waals surface area contributed by atoms with E-state index in [0.717, 1.165) is 0 Å². The van der Waals surface area contributed by atoms with E-state index < -0.39 is 5.97 Å². The second-order valence-electron chi connectivity index (χ2n) is 2.34. The lowest BCUT2D eigenvalue weighted by Crippen LogP contribution is -2.14. The molecule has 0 saturated carbocycles. The van der Waals surface area contributed by atoms with E-state index in [1.165, 1.54) is 4.68 Å². The molecule has 0 unspecified atom stereocenters. The topological polar surface area (TPSA) is 114 Å². The van der Waals surface area contributed by atoms with Gasteiger partial charge in [-0.2, -0.15) is 0 Å². The lowest BCUT2D eigenvalue weighted by atomic mass is 10.3. The van der Waals surface area contributed by atoms with Gasteiger partial charge in [0.2, 0.25) is 0 Å². The number of aromatic carboxylic acids is 1. The van der Waals surface area contributed by atoms with Gasteiger partial charge in [-0.1, -0.05) is 5.21 Å². The summed E-state index contributed by atoms with van der Waals surface area (Å²) >= 11 is 0. The molecule has 1 heterocycles. The second kappa shape index (κ2) is 3.97. The predicted octanol–water partition coefficient (Wildman–Crippen LogP) is -1.57. The Morgan fingerprint density at radius 2 is 2.31 bits per heavy atom. The third kappa shape index (κ3) is 1.82. The summed E-state index contributed by atoms with van der Waals surface area (Å²) in [5.41, 5.74) is 5.48. The first-order chi connectivity index (χ1) is 6.20. The van der Waals surface area contributed by atoms with Gasteiger partial charge in [0.1, 0.15) is 0 Å². The number of aromatic nitrogens is 3. The zero-order valence-corrected chi connectivity index (χ0v) is 6.84. The molecule has 1 rings (SSSR count). The molecule has 0 aliphatic rings. The van der Waals surface area contributed by atoms with Crippen LogP contribution < -0.4 is 5.73 Å². The average molecular weight is 186 g/mol. The molecule has 72 valence electrons. The van der Waals surface area contributed by atoms with Gasteiger partial charge in [0, 0.05) is 6.54 Å². The monoisotopic (exact) mass is 186 g/mol. The maximum Gasteiger partial charge on any atom is 0.358 e. The Labute approximate surface area is 73.8 Å². The van der Waals surface area contributed by atoms with Crippen LogP contribution in [0.4, 0.5) is 0 Å². The normalized spacial score (nSPS) is 10.3. The minimum atomic E-state index is -1.16. The Bertz CT molecular complexity index is 309. The molecule has 0 aliphatic heterocycles. The molecule has 0 fully saturated rings. The Morgan fingerprint density at radius 3 is 2.77 bits per heavy atom. The molecule has 0 amide bonds.